The molecule has 0 fully saturated rings. The standard InChI is InChI=1S/C10H13IN2O4S/c11-6-18(16,17)13-8-3-1-2-7(4-8)5-9(12)10(14)15/h1-4,9,13H,5-6,12H2,(H,14,15)/t9-/m0/s1. The van der Waals surface area contributed by atoms with Crippen molar-refractivity contribution in [3.05, 3.63) is 29.8 Å². The largest absolute Gasteiger partial charge is 0.480 e. The Labute approximate surface area is 119 Å². The number of carboxylic acids is 1. The molecule has 0 aliphatic heterocycles. The molecule has 0 bridgehead atoms. The zero-order chi connectivity index (χ0) is 13.8. The lowest BCUT2D eigenvalue weighted by Crippen LogP contribution is -2.32. The van der Waals surface area contributed by atoms with Crippen LogP contribution in [-0.4, -0.2) is 29.3 Å². The summed E-state index contributed by atoms with van der Waals surface area (Å²) in [5, 5.41) is 8.70. The first-order chi connectivity index (χ1) is 8.34. The van der Waals surface area contributed by atoms with E-state index < -0.39 is 22.0 Å². The van der Waals surface area contributed by atoms with Gasteiger partial charge in [-0.2, -0.15) is 0 Å². The van der Waals surface area contributed by atoms with Crippen molar-refractivity contribution in [1.82, 2.24) is 0 Å². The summed E-state index contributed by atoms with van der Waals surface area (Å²) in [5.74, 6) is -1.09. The number of anilines is 1. The smallest absolute Gasteiger partial charge is 0.320 e. The van der Waals surface area contributed by atoms with Crippen molar-refractivity contribution in [3.8, 4) is 0 Å². The van der Waals surface area contributed by atoms with Crippen molar-refractivity contribution in [1.29, 1.82) is 0 Å². The molecule has 18 heavy (non-hydrogen) atoms. The van der Waals surface area contributed by atoms with Gasteiger partial charge in [-0.3, -0.25) is 9.52 Å². The maximum absolute atomic E-state index is 11.4. The molecule has 0 amide bonds. The molecule has 1 rings (SSSR count). The Bertz CT molecular complexity index is 532. The molecule has 0 unspecified atom stereocenters. The monoisotopic (exact) mass is 384 g/mol. The Kier molecular flexibility index (Phi) is 5.35. The number of nitrogens with one attached hydrogen (secondary N) is 1. The second-order valence-corrected chi connectivity index (χ2v) is 7.20. The predicted octanol–water partition coefficient (Wildman–Crippen LogP) is 0.775. The minimum absolute atomic E-state index is 0.0520. The molecule has 1 aromatic rings. The molecule has 8 heteroatoms. The second-order valence-electron chi connectivity index (χ2n) is 3.68. The maximum Gasteiger partial charge on any atom is 0.320 e. The van der Waals surface area contributed by atoms with Gasteiger partial charge in [0.2, 0.25) is 10.0 Å². The number of hydrogen-bond donors (Lipinski definition) is 3. The first-order valence-electron chi connectivity index (χ1n) is 4.98. The number of halogens is 1. The molecule has 0 saturated carbocycles. The molecular formula is C10H13IN2O4S. The molecule has 0 aromatic heterocycles. The normalized spacial score (nSPS) is 13.0. The molecule has 0 saturated heterocycles. The number of carbonyl (C=O) groups is 1. The fourth-order valence-corrected chi connectivity index (χ4v) is 2.32. The maximum atomic E-state index is 11.4. The summed E-state index contributed by atoms with van der Waals surface area (Å²) < 4.78 is 25.1. The predicted molar refractivity (Wildman–Crippen MR) is 77.2 cm³/mol. The Morgan fingerprint density at radius 1 is 1.50 bits per heavy atom. The molecule has 100 valence electrons. The van der Waals surface area contributed by atoms with Crippen LogP contribution in [0.3, 0.4) is 0 Å². The van der Waals surface area contributed by atoms with Crippen LogP contribution in [-0.2, 0) is 21.2 Å². The highest BCUT2D eigenvalue weighted by atomic mass is 127. The molecule has 6 nitrogen and oxygen atoms in total. The Morgan fingerprint density at radius 3 is 2.72 bits per heavy atom. The van der Waals surface area contributed by atoms with Gasteiger partial charge in [-0.05, 0) is 24.1 Å². The fraction of sp³-hybridized carbons (Fsp3) is 0.300. The number of rotatable bonds is 6. The molecule has 0 aliphatic rings. The number of alkyl halides is 1. The Hall–Kier alpha value is -0.870. The summed E-state index contributed by atoms with van der Waals surface area (Å²) in [4.78, 5) is 10.6. The molecule has 1 aromatic carbocycles. The van der Waals surface area contributed by atoms with E-state index in [9.17, 15) is 13.2 Å². The number of carboxylic acid groups (broad SMARTS) is 1. The third-order valence-electron chi connectivity index (χ3n) is 2.12. The van der Waals surface area contributed by atoms with E-state index in [2.05, 4.69) is 4.72 Å². The summed E-state index contributed by atoms with van der Waals surface area (Å²) in [6.45, 7) is 0. The summed E-state index contributed by atoms with van der Waals surface area (Å²) in [6, 6.07) is 5.52. The van der Waals surface area contributed by atoms with Crippen LogP contribution in [0.25, 0.3) is 0 Å². The van der Waals surface area contributed by atoms with E-state index >= 15 is 0 Å². The zero-order valence-electron chi connectivity index (χ0n) is 9.34. The van der Waals surface area contributed by atoms with Crippen LogP contribution in [0.1, 0.15) is 5.56 Å². The minimum Gasteiger partial charge on any atom is -0.480 e. The lowest BCUT2D eigenvalue weighted by Gasteiger charge is -2.09. The fourth-order valence-electron chi connectivity index (χ4n) is 1.31. The number of aliphatic carboxylic acids is 1. The number of benzene rings is 1. The summed E-state index contributed by atoms with van der Waals surface area (Å²) in [6.07, 6.45) is 0.148. The van der Waals surface area contributed by atoms with Gasteiger partial charge in [-0.1, -0.05) is 34.7 Å². The number of nitrogens with two attached hydrogens (primary N) is 1. The third kappa shape index (κ3) is 4.78. The lowest BCUT2D eigenvalue weighted by atomic mass is 10.1. The molecule has 0 spiro atoms. The third-order valence-corrected chi connectivity index (χ3v) is 5.41. The van der Waals surface area contributed by atoms with Gasteiger partial charge in [0.25, 0.3) is 0 Å². The molecule has 0 heterocycles. The summed E-state index contributed by atoms with van der Waals surface area (Å²) in [7, 11) is -3.35. The Balaban J connectivity index is 2.83. The van der Waals surface area contributed by atoms with Crippen molar-refractivity contribution in [2.45, 2.75) is 12.5 Å². The van der Waals surface area contributed by atoms with Crippen LogP contribution in [0.4, 0.5) is 5.69 Å². The summed E-state index contributed by atoms with van der Waals surface area (Å²) >= 11 is 1.75. The van der Waals surface area contributed by atoms with Crippen LogP contribution in [0.15, 0.2) is 24.3 Å². The van der Waals surface area contributed by atoms with E-state index in [1.807, 2.05) is 0 Å². The average molecular weight is 384 g/mol. The van der Waals surface area contributed by atoms with Gasteiger partial charge in [0.05, 0.1) is 0 Å². The molecule has 1 atom stereocenters. The molecular weight excluding hydrogens is 371 g/mol. The second kappa shape index (κ2) is 6.34. The highest BCUT2D eigenvalue weighted by Crippen LogP contribution is 2.14. The van der Waals surface area contributed by atoms with E-state index in [1.165, 1.54) is 0 Å². The first kappa shape index (κ1) is 15.2. The van der Waals surface area contributed by atoms with E-state index in [0.717, 1.165) is 0 Å². The highest BCUT2D eigenvalue weighted by molar-refractivity contribution is 14.1. The van der Waals surface area contributed by atoms with E-state index in [-0.39, 0.29) is 10.2 Å². The van der Waals surface area contributed by atoms with Crippen molar-refractivity contribution in [2.24, 2.45) is 5.73 Å². The van der Waals surface area contributed by atoms with Crippen molar-refractivity contribution in [3.63, 3.8) is 0 Å². The van der Waals surface area contributed by atoms with Gasteiger partial charge >= 0.3 is 5.97 Å². The topological polar surface area (TPSA) is 109 Å². The van der Waals surface area contributed by atoms with Crippen LogP contribution < -0.4 is 10.5 Å². The lowest BCUT2D eigenvalue weighted by molar-refractivity contribution is -0.138. The summed E-state index contributed by atoms with van der Waals surface area (Å²) in [5.41, 5.74) is 6.48. The van der Waals surface area contributed by atoms with Gasteiger partial charge in [-0.15, -0.1) is 0 Å². The van der Waals surface area contributed by atoms with Gasteiger partial charge < -0.3 is 10.8 Å². The SMILES string of the molecule is N[C@@H](Cc1cccc(NS(=O)(=O)CI)c1)C(=O)O. The van der Waals surface area contributed by atoms with Gasteiger partial charge in [0, 0.05) is 5.69 Å². The molecule has 4 N–H and O–H groups in total. The van der Waals surface area contributed by atoms with Crippen molar-refractivity contribution < 1.29 is 18.3 Å². The van der Waals surface area contributed by atoms with E-state index in [0.29, 0.717) is 11.3 Å². The zero-order valence-corrected chi connectivity index (χ0v) is 12.3. The Morgan fingerprint density at radius 2 is 2.17 bits per heavy atom. The van der Waals surface area contributed by atoms with Gasteiger partial charge in [-0.25, -0.2) is 8.42 Å². The van der Waals surface area contributed by atoms with Gasteiger partial charge in [0.15, 0.2) is 0 Å². The molecule has 0 aliphatic carbocycles. The van der Waals surface area contributed by atoms with Crippen molar-refractivity contribution in [2.75, 3.05) is 8.48 Å². The van der Waals surface area contributed by atoms with E-state index in [1.54, 1.807) is 46.9 Å². The van der Waals surface area contributed by atoms with Crippen LogP contribution in [0.5, 0.6) is 0 Å². The number of sulfonamides is 1. The van der Waals surface area contributed by atoms with Crippen LogP contribution in [0, 0.1) is 0 Å². The number of hydrogen-bond acceptors (Lipinski definition) is 4. The van der Waals surface area contributed by atoms with Crippen molar-refractivity contribution >= 4 is 44.3 Å². The van der Waals surface area contributed by atoms with Crippen LogP contribution in [0.2, 0.25) is 0 Å². The minimum atomic E-state index is -3.35. The van der Waals surface area contributed by atoms with E-state index in [4.69, 9.17) is 10.8 Å². The van der Waals surface area contributed by atoms with Crippen LogP contribution >= 0.6 is 22.6 Å². The first-order valence-corrected chi connectivity index (χ1v) is 8.15. The highest BCUT2D eigenvalue weighted by Gasteiger charge is 2.13. The average Bonchev–Trinajstić information content (AvgIpc) is 2.28. The van der Waals surface area contributed by atoms with Gasteiger partial charge in [0.1, 0.15) is 9.80 Å². The quantitative estimate of drug-likeness (QED) is 0.496. The molecule has 0 radical (unpaired) electrons.